The van der Waals surface area contributed by atoms with Gasteiger partial charge in [0.2, 0.25) is 0 Å². The van der Waals surface area contributed by atoms with Crippen LogP contribution in [0.15, 0.2) is 10.5 Å². The lowest BCUT2D eigenvalue weighted by Gasteiger charge is -2.14. The lowest BCUT2D eigenvalue weighted by Crippen LogP contribution is -2.00. The van der Waals surface area contributed by atoms with Gasteiger partial charge in [0, 0.05) is 28.3 Å². The molecule has 1 N–H and O–H groups in total. The summed E-state index contributed by atoms with van der Waals surface area (Å²) >= 11 is 15.9. The first-order chi connectivity index (χ1) is 8.63. The number of hydrogen-bond donors (Lipinski definition) is 1. The minimum Gasteiger partial charge on any atom is -0.387 e. The van der Waals surface area contributed by atoms with E-state index in [1.54, 1.807) is 0 Å². The van der Waals surface area contributed by atoms with E-state index in [1.807, 2.05) is 13.1 Å². The smallest absolute Gasteiger partial charge is 0.0928 e. The monoisotopic (exact) mass is 344 g/mol. The number of rotatable bonds is 1. The van der Waals surface area contributed by atoms with Gasteiger partial charge in [-0.15, -0.1) is 0 Å². The Morgan fingerprint density at radius 2 is 2.06 bits per heavy atom. The van der Waals surface area contributed by atoms with E-state index in [4.69, 9.17) is 23.2 Å². The molecule has 3 rings (SSSR count). The van der Waals surface area contributed by atoms with E-state index in [0.717, 1.165) is 46.0 Å². The van der Waals surface area contributed by atoms with Gasteiger partial charge >= 0.3 is 0 Å². The predicted molar refractivity (Wildman–Crippen MR) is 81.0 cm³/mol. The van der Waals surface area contributed by atoms with Crippen LogP contribution in [0.1, 0.15) is 17.7 Å². The van der Waals surface area contributed by atoms with Crippen molar-refractivity contribution in [2.75, 3.05) is 12.4 Å². The fraction of sp³-hybridized carbons (Fsp3) is 0.308. The van der Waals surface area contributed by atoms with Gasteiger partial charge in [-0.2, -0.15) is 0 Å². The molecule has 0 saturated heterocycles. The summed E-state index contributed by atoms with van der Waals surface area (Å²) in [7, 11) is 1.93. The largest absolute Gasteiger partial charge is 0.387 e. The molecule has 0 fully saturated rings. The van der Waals surface area contributed by atoms with Crippen LogP contribution in [0.2, 0.25) is 10.0 Å². The molecule has 0 spiro atoms. The molecule has 18 heavy (non-hydrogen) atoms. The number of pyridine rings is 1. The number of halogens is 3. The predicted octanol–water partition coefficient (Wildman–Crippen LogP) is 4.83. The number of aryl methyl sites for hydroxylation is 1. The molecule has 0 radical (unpaired) electrons. The average molecular weight is 346 g/mol. The Kier molecular flexibility index (Phi) is 3.16. The SMILES string of the molecule is CNc1c2c(nc3c(Cl)c(Cl)c(Br)cc13)CCC2. The van der Waals surface area contributed by atoms with E-state index < -0.39 is 0 Å². The molecule has 5 heteroatoms. The Bertz CT molecular complexity index is 655. The molecule has 0 amide bonds. The maximum Gasteiger partial charge on any atom is 0.0928 e. The lowest BCUT2D eigenvalue weighted by atomic mass is 10.1. The van der Waals surface area contributed by atoms with Crippen molar-refractivity contribution in [1.82, 2.24) is 4.98 Å². The molecule has 1 aromatic heterocycles. The number of fused-ring (bicyclic) bond motifs is 2. The van der Waals surface area contributed by atoms with Gasteiger partial charge < -0.3 is 5.32 Å². The second kappa shape index (κ2) is 4.55. The molecule has 0 aliphatic heterocycles. The van der Waals surface area contributed by atoms with Crippen LogP contribution in [-0.4, -0.2) is 12.0 Å². The summed E-state index contributed by atoms with van der Waals surface area (Å²) in [6.07, 6.45) is 3.25. The summed E-state index contributed by atoms with van der Waals surface area (Å²) in [6.45, 7) is 0. The van der Waals surface area contributed by atoms with E-state index in [1.165, 1.54) is 5.56 Å². The highest BCUT2D eigenvalue weighted by atomic mass is 79.9. The molecule has 0 saturated carbocycles. The highest BCUT2D eigenvalue weighted by molar-refractivity contribution is 9.10. The van der Waals surface area contributed by atoms with Crippen LogP contribution >= 0.6 is 39.1 Å². The van der Waals surface area contributed by atoms with E-state index in [9.17, 15) is 0 Å². The first-order valence-electron chi connectivity index (χ1n) is 5.80. The third-order valence-corrected chi connectivity index (χ3v) is 5.10. The molecular weight excluding hydrogens is 335 g/mol. The molecule has 2 nitrogen and oxygen atoms in total. The first kappa shape index (κ1) is 12.5. The summed E-state index contributed by atoms with van der Waals surface area (Å²) in [5, 5.41) is 5.35. The number of benzene rings is 1. The van der Waals surface area contributed by atoms with Crippen LogP contribution in [-0.2, 0) is 12.8 Å². The van der Waals surface area contributed by atoms with Crippen molar-refractivity contribution < 1.29 is 0 Å². The molecule has 1 aromatic carbocycles. The molecule has 1 aliphatic carbocycles. The van der Waals surface area contributed by atoms with Crippen molar-refractivity contribution in [3.63, 3.8) is 0 Å². The zero-order valence-electron chi connectivity index (χ0n) is 9.78. The molecule has 0 bridgehead atoms. The van der Waals surface area contributed by atoms with E-state index in [-0.39, 0.29) is 0 Å². The fourth-order valence-electron chi connectivity index (χ4n) is 2.59. The summed E-state index contributed by atoms with van der Waals surface area (Å²) < 4.78 is 0.804. The van der Waals surface area contributed by atoms with Crippen molar-refractivity contribution in [2.24, 2.45) is 0 Å². The van der Waals surface area contributed by atoms with Crippen LogP contribution in [0.3, 0.4) is 0 Å². The second-order valence-electron chi connectivity index (χ2n) is 4.40. The van der Waals surface area contributed by atoms with Crippen molar-refractivity contribution in [2.45, 2.75) is 19.3 Å². The summed E-state index contributed by atoms with van der Waals surface area (Å²) in [5.74, 6) is 0. The Balaban J connectivity index is 2.47. The minimum atomic E-state index is 0.521. The van der Waals surface area contributed by atoms with Gasteiger partial charge in [-0.25, -0.2) is 0 Å². The minimum absolute atomic E-state index is 0.521. The third kappa shape index (κ3) is 1.72. The third-order valence-electron chi connectivity index (χ3n) is 3.39. The van der Waals surface area contributed by atoms with Gasteiger partial charge in [-0.05, 0) is 46.8 Å². The van der Waals surface area contributed by atoms with Gasteiger partial charge in [0.1, 0.15) is 0 Å². The molecule has 1 heterocycles. The van der Waals surface area contributed by atoms with Gasteiger partial charge in [-0.3, -0.25) is 4.98 Å². The molecule has 0 atom stereocenters. The maximum absolute atomic E-state index is 6.31. The first-order valence-corrected chi connectivity index (χ1v) is 7.35. The highest BCUT2D eigenvalue weighted by Gasteiger charge is 2.21. The van der Waals surface area contributed by atoms with Crippen molar-refractivity contribution in [1.29, 1.82) is 0 Å². The van der Waals surface area contributed by atoms with Crippen LogP contribution in [0.25, 0.3) is 10.9 Å². The van der Waals surface area contributed by atoms with Crippen molar-refractivity contribution in [3.05, 3.63) is 31.8 Å². The zero-order valence-corrected chi connectivity index (χ0v) is 12.9. The van der Waals surface area contributed by atoms with Crippen LogP contribution < -0.4 is 5.32 Å². The Hall–Kier alpha value is -0.510. The molecule has 1 aliphatic rings. The lowest BCUT2D eigenvalue weighted by molar-refractivity contribution is 0.901. The topological polar surface area (TPSA) is 24.9 Å². The van der Waals surface area contributed by atoms with Gasteiger partial charge in [0.05, 0.1) is 15.6 Å². The number of nitrogens with one attached hydrogen (secondary N) is 1. The fourth-order valence-corrected chi connectivity index (χ4v) is 3.52. The maximum atomic E-state index is 6.31. The number of nitrogens with zero attached hydrogens (tertiary/aromatic N) is 1. The molecular formula is C13H11BrCl2N2. The highest BCUT2D eigenvalue weighted by Crippen LogP contribution is 2.41. The second-order valence-corrected chi connectivity index (χ2v) is 6.01. The Morgan fingerprint density at radius 3 is 2.78 bits per heavy atom. The van der Waals surface area contributed by atoms with Gasteiger partial charge in [-0.1, -0.05) is 23.2 Å². The van der Waals surface area contributed by atoms with E-state index in [2.05, 4.69) is 26.2 Å². The molecule has 0 unspecified atom stereocenters. The molecule has 94 valence electrons. The Morgan fingerprint density at radius 1 is 1.28 bits per heavy atom. The standard InChI is InChI=1S/C13H11BrCl2N2/c1-17-12-6-3-2-4-9(6)18-13-7(12)5-8(14)10(15)11(13)16/h5H,2-4H2,1H3,(H,17,18). The van der Waals surface area contributed by atoms with Crippen LogP contribution in [0, 0.1) is 0 Å². The number of hydrogen-bond acceptors (Lipinski definition) is 2. The summed E-state index contributed by atoms with van der Waals surface area (Å²) in [4.78, 5) is 4.69. The zero-order chi connectivity index (χ0) is 12.9. The van der Waals surface area contributed by atoms with Crippen LogP contribution in [0.4, 0.5) is 5.69 Å². The summed E-state index contributed by atoms with van der Waals surface area (Å²) in [6, 6.07) is 1.99. The summed E-state index contributed by atoms with van der Waals surface area (Å²) in [5.41, 5.74) is 4.38. The van der Waals surface area contributed by atoms with Gasteiger partial charge in [0.25, 0.3) is 0 Å². The van der Waals surface area contributed by atoms with Crippen molar-refractivity contribution in [3.8, 4) is 0 Å². The van der Waals surface area contributed by atoms with Crippen molar-refractivity contribution >= 4 is 55.7 Å². The quantitative estimate of drug-likeness (QED) is 0.748. The average Bonchev–Trinajstić information content (AvgIpc) is 2.82. The van der Waals surface area contributed by atoms with Crippen LogP contribution in [0.5, 0.6) is 0 Å². The number of aromatic nitrogens is 1. The van der Waals surface area contributed by atoms with E-state index >= 15 is 0 Å². The number of anilines is 1. The van der Waals surface area contributed by atoms with E-state index in [0.29, 0.717) is 10.0 Å². The van der Waals surface area contributed by atoms with Gasteiger partial charge in [0.15, 0.2) is 0 Å². The normalized spacial score (nSPS) is 14.0. The Labute approximate surface area is 124 Å². The molecule has 2 aromatic rings.